The lowest BCUT2D eigenvalue weighted by atomic mass is 10.2. The van der Waals surface area contributed by atoms with Crippen LogP contribution < -0.4 is 10.1 Å². The lowest BCUT2D eigenvalue weighted by Gasteiger charge is -2.11. The van der Waals surface area contributed by atoms with Gasteiger partial charge in [-0.3, -0.25) is 9.78 Å². The van der Waals surface area contributed by atoms with Crippen molar-refractivity contribution in [2.45, 2.75) is 18.9 Å². The van der Waals surface area contributed by atoms with Gasteiger partial charge in [-0.1, -0.05) is 0 Å². The SMILES string of the molecule is O=C(CCCOc1cccnc1)NC(CO)C(=O)O. The Morgan fingerprint density at radius 2 is 2.26 bits per heavy atom. The summed E-state index contributed by atoms with van der Waals surface area (Å²) in [6.07, 6.45) is 3.76. The van der Waals surface area contributed by atoms with Crippen molar-refractivity contribution < 1.29 is 24.5 Å². The minimum atomic E-state index is -1.26. The van der Waals surface area contributed by atoms with Crippen LogP contribution in [0.3, 0.4) is 0 Å². The normalized spacial score (nSPS) is 11.6. The number of nitrogens with zero attached hydrogens (tertiary/aromatic N) is 1. The molecule has 1 unspecified atom stereocenters. The van der Waals surface area contributed by atoms with Gasteiger partial charge in [-0.25, -0.2) is 4.79 Å². The van der Waals surface area contributed by atoms with Crippen molar-refractivity contribution in [3.05, 3.63) is 24.5 Å². The van der Waals surface area contributed by atoms with E-state index in [1.54, 1.807) is 24.5 Å². The third-order valence-corrected chi connectivity index (χ3v) is 2.27. The Balaban J connectivity index is 2.19. The van der Waals surface area contributed by atoms with Gasteiger partial charge < -0.3 is 20.3 Å². The molecule has 0 aromatic carbocycles. The molecule has 7 nitrogen and oxygen atoms in total. The summed E-state index contributed by atoms with van der Waals surface area (Å²) in [5.41, 5.74) is 0. The number of ether oxygens (including phenoxy) is 1. The number of hydrogen-bond acceptors (Lipinski definition) is 5. The molecule has 0 aliphatic rings. The molecule has 0 aliphatic carbocycles. The van der Waals surface area contributed by atoms with E-state index in [9.17, 15) is 9.59 Å². The Bertz CT molecular complexity index is 410. The van der Waals surface area contributed by atoms with Crippen LogP contribution in [0.15, 0.2) is 24.5 Å². The van der Waals surface area contributed by atoms with Gasteiger partial charge in [-0.05, 0) is 18.6 Å². The molecular weight excluding hydrogens is 252 g/mol. The smallest absolute Gasteiger partial charge is 0.328 e. The molecule has 0 bridgehead atoms. The van der Waals surface area contributed by atoms with E-state index in [2.05, 4.69) is 10.3 Å². The first kappa shape index (κ1) is 14.9. The number of aliphatic hydroxyl groups is 1. The Morgan fingerprint density at radius 1 is 1.47 bits per heavy atom. The predicted molar refractivity (Wildman–Crippen MR) is 65.6 cm³/mol. The van der Waals surface area contributed by atoms with Crippen LogP contribution in [0, 0.1) is 0 Å². The number of carboxylic acids is 1. The van der Waals surface area contributed by atoms with Crippen molar-refractivity contribution in [1.29, 1.82) is 0 Å². The molecule has 0 saturated carbocycles. The van der Waals surface area contributed by atoms with Crippen molar-refractivity contribution in [3.8, 4) is 5.75 Å². The fourth-order valence-electron chi connectivity index (χ4n) is 1.31. The highest BCUT2D eigenvalue weighted by Crippen LogP contribution is 2.06. The third kappa shape index (κ3) is 5.82. The minimum Gasteiger partial charge on any atom is -0.492 e. The number of pyridine rings is 1. The number of nitrogens with one attached hydrogen (secondary N) is 1. The summed E-state index contributed by atoms with van der Waals surface area (Å²) in [6.45, 7) is -0.302. The first-order chi connectivity index (χ1) is 9.13. The lowest BCUT2D eigenvalue weighted by molar-refractivity contribution is -0.142. The van der Waals surface area contributed by atoms with Gasteiger partial charge in [0.25, 0.3) is 0 Å². The number of aliphatic hydroxyl groups excluding tert-OH is 1. The zero-order valence-corrected chi connectivity index (χ0v) is 10.3. The van der Waals surface area contributed by atoms with Gasteiger partial charge in [0.15, 0.2) is 0 Å². The predicted octanol–water partition coefficient (Wildman–Crippen LogP) is -0.198. The second-order valence-electron chi connectivity index (χ2n) is 3.78. The summed E-state index contributed by atoms with van der Waals surface area (Å²) in [7, 11) is 0. The van der Waals surface area contributed by atoms with Crippen molar-refractivity contribution in [3.63, 3.8) is 0 Å². The Morgan fingerprint density at radius 3 is 2.84 bits per heavy atom. The van der Waals surface area contributed by atoms with E-state index in [0.29, 0.717) is 18.8 Å². The Kier molecular flexibility index (Phi) is 6.31. The largest absolute Gasteiger partial charge is 0.492 e. The molecule has 0 saturated heterocycles. The molecule has 1 aromatic rings. The second kappa shape index (κ2) is 8.04. The van der Waals surface area contributed by atoms with Crippen molar-refractivity contribution in [1.82, 2.24) is 10.3 Å². The van der Waals surface area contributed by atoms with Crippen LogP contribution in [0.2, 0.25) is 0 Å². The third-order valence-electron chi connectivity index (χ3n) is 2.27. The molecule has 1 atom stereocenters. The zero-order chi connectivity index (χ0) is 14.1. The molecule has 0 aliphatic heterocycles. The number of rotatable bonds is 8. The van der Waals surface area contributed by atoms with Gasteiger partial charge in [0.05, 0.1) is 19.4 Å². The molecule has 1 aromatic heterocycles. The summed E-state index contributed by atoms with van der Waals surface area (Å²) in [6, 6.07) is 2.23. The number of aromatic nitrogens is 1. The van der Waals surface area contributed by atoms with Gasteiger partial charge in [-0.15, -0.1) is 0 Å². The number of hydrogen-bond donors (Lipinski definition) is 3. The second-order valence-corrected chi connectivity index (χ2v) is 3.78. The maximum absolute atomic E-state index is 11.4. The number of carbonyl (C=O) groups is 2. The summed E-state index contributed by atoms with van der Waals surface area (Å²) in [5.74, 6) is -1.08. The maximum atomic E-state index is 11.4. The van der Waals surface area contributed by atoms with E-state index in [1.807, 2.05) is 0 Å². The summed E-state index contributed by atoms with van der Waals surface area (Å²) in [5, 5.41) is 19.6. The lowest BCUT2D eigenvalue weighted by Crippen LogP contribution is -2.43. The molecule has 7 heteroatoms. The maximum Gasteiger partial charge on any atom is 0.328 e. The van der Waals surface area contributed by atoms with E-state index < -0.39 is 24.5 Å². The Labute approximate surface area is 110 Å². The van der Waals surface area contributed by atoms with E-state index >= 15 is 0 Å². The molecule has 0 radical (unpaired) electrons. The summed E-state index contributed by atoms with van der Waals surface area (Å²) < 4.78 is 5.33. The monoisotopic (exact) mass is 268 g/mol. The summed E-state index contributed by atoms with van der Waals surface area (Å²) in [4.78, 5) is 25.8. The fraction of sp³-hybridized carbons (Fsp3) is 0.417. The van der Waals surface area contributed by atoms with Crippen molar-refractivity contribution in [2.75, 3.05) is 13.2 Å². The minimum absolute atomic E-state index is 0.129. The van der Waals surface area contributed by atoms with Crippen LogP contribution in [-0.2, 0) is 9.59 Å². The standard InChI is InChI=1S/C12H16N2O5/c15-8-10(12(17)18)14-11(16)4-2-6-19-9-3-1-5-13-7-9/h1,3,5,7,10,15H,2,4,6,8H2,(H,14,16)(H,17,18). The topological polar surface area (TPSA) is 109 Å². The molecule has 1 heterocycles. The number of amides is 1. The first-order valence-electron chi connectivity index (χ1n) is 5.79. The first-order valence-corrected chi connectivity index (χ1v) is 5.79. The van der Waals surface area contributed by atoms with E-state index in [1.165, 1.54) is 0 Å². The Hall–Kier alpha value is -2.15. The molecule has 0 fully saturated rings. The quantitative estimate of drug-likeness (QED) is 0.563. The number of aliphatic carboxylic acids is 1. The van der Waals surface area contributed by atoms with Gasteiger partial charge in [0, 0.05) is 12.6 Å². The van der Waals surface area contributed by atoms with Crippen molar-refractivity contribution in [2.24, 2.45) is 0 Å². The average Bonchev–Trinajstić information content (AvgIpc) is 2.42. The van der Waals surface area contributed by atoms with Gasteiger partial charge >= 0.3 is 5.97 Å². The molecule has 1 rings (SSSR count). The van der Waals surface area contributed by atoms with Gasteiger partial charge in [-0.2, -0.15) is 0 Å². The van der Waals surface area contributed by atoms with Crippen LogP contribution in [0.4, 0.5) is 0 Å². The van der Waals surface area contributed by atoms with Crippen LogP contribution >= 0.6 is 0 Å². The molecule has 1 amide bonds. The fourth-order valence-corrected chi connectivity index (χ4v) is 1.31. The van der Waals surface area contributed by atoms with E-state index in [4.69, 9.17) is 14.9 Å². The number of carbonyl (C=O) groups excluding carboxylic acids is 1. The van der Waals surface area contributed by atoms with Crippen LogP contribution in [0.5, 0.6) is 5.75 Å². The molecular formula is C12H16N2O5. The van der Waals surface area contributed by atoms with Crippen molar-refractivity contribution >= 4 is 11.9 Å². The van der Waals surface area contributed by atoms with Gasteiger partial charge in [0.1, 0.15) is 11.8 Å². The van der Waals surface area contributed by atoms with Crippen LogP contribution in [0.25, 0.3) is 0 Å². The molecule has 104 valence electrons. The highest BCUT2D eigenvalue weighted by molar-refractivity contribution is 5.83. The van der Waals surface area contributed by atoms with E-state index in [-0.39, 0.29) is 6.42 Å². The zero-order valence-electron chi connectivity index (χ0n) is 10.3. The molecule has 0 spiro atoms. The van der Waals surface area contributed by atoms with E-state index in [0.717, 1.165) is 0 Å². The average molecular weight is 268 g/mol. The van der Waals surface area contributed by atoms with Gasteiger partial charge in [0.2, 0.25) is 5.91 Å². The van der Waals surface area contributed by atoms with Crippen LogP contribution in [-0.4, -0.2) is 46.3 Å². The number of carboxylic acid groups (broad SMARTS) is 1. The molecule has 3 N–H and O–H groups in total. The summed E-state index contributed by atoms with van der Waals surface area (Å²) >= 11 is 0. The van der Waals surface area contributed by atoms with Crippen LogP contribution in [0.1, 0.15) is 12.8 Å². The molecule has 19 heavy (non-hydrogen) atoms. The highest BCUT2D eigenvalue weighted by Gasteiger charge is 2.18. The highest BCUT2D eigenvalue weighted by atomic mass is 16.5.